The maximum atomic E-state index is 4.30. The monoisotopic (exact) mass is 190 g/mol. The molecule has 2 heteroatoms. The van der Waals surface area contributed by atoms with Crippen LogP contribution in [0, 0.1) is 5.92 Å². The number of aromatic nitrogens is 1. The fraction of sp³-hybridized carbons (Fsp3) is 0.583. The smallest absolute Gasteiger partial charge is 0.126 e. The van der Waals surface area contributed by atoms with Crippen LogP contribution in [0.2, 0.25) is 0 Å². The van der Waals surface area contributed by atoms with Crippen LogP contribution in [0.1, 0.15) is 32.6 Å². The van der Waals surface area contributed by atoms with Crippen molar-refractivity contribution >= 4 is 5.82 Å². The van der Waals surface area contributed by atoms with E-state index in [4.69, 9.17) is 0 Å². The Hall–Kier alpha value is -1.05. The summed E-state index contributed by atoms with van der Waals surface area (Å²) in [5.41, 5.74) is 0. The molecule has 76 valence electrons. The van der Waals surface area contributed by atoms with Crippen LogP contribution >= 0.6 is 0 Å². The number of anilines is 1. The van der Waals surface area contributed by atoms with Crippen molar-refractivity contribution in [2.24, 2.45) is 5.92 Å². The van der Waals surface area contributed by atoms with E-state index in [0.717, 1.165) is 11.7 Å². The maximum Gasteiger partial charge on any atom is 0.126 e. The highest BCUT2D eigenvalue weighted by Crippen LogP contribution is 2.35. The van der Waals surface area contributed by atoms with Crippen LogP contribution < -0.4 is 5.32 Å². The molecule has 1 N–H and O–H groups in total. The van der Waals surface area contributed by atoms with Gasteiger partial charge in [-0.15, -0.1) is 0 Å². The molecule has 1 unspecified atom stereocenters. The van der Waals surface area contributed by atoms with E-state index < -0.39 is 0 Å². The van der Waals surface area contributed by atoms with Crippen LogP contribution in [0.5, 0.6) is 0 Å². The number of rotatable bonds is 5. The van der Waals surface area contributed by atoms with E-state index in [2.05, 4.69) is 17.2 Å². The molecule has 0 saturated heterocycles. The van der Waals surface area contributed by atoms with Gasteiger partial charge in [-0.3, -0.25) is 0 Å². The second-order valence-electron chi connectivity index (χ2n) is 4.09. The molecule has 1 aromatic rings. The lowest BCUT2D eigenvalue weighted by molar-refractivity contribution is 0.576. The van der Waals surface area contributed by atoms with Crippen molar-refractivity contribution in [3.63, 3.8) is 0 Å². The second kappa shape index (κ2) is 4.45. The van der Waals surface area contributed by atoms with Crippen LogP contribution in [-0.2, 0) is 0 Å². The van der Waals surface area contributed by atoms with Gasteiger partial charge in [0.15, 0.2) is 0 Å². The number of pyridine rings is 1. The average Bonchev–Trinajstić information content (AvgIpc) is 3.02. The van der Waals surface area contributed by atoms with Crippen LogP contribution in [-0.4, -0.2) is 11.0 Å². The van der Waals surface area contributed by atoms with E-state index >= 15 is 0 Å². The molecule has 0 aromatic carbocycles. The number of nitrogens with one attached hydrogen (secondary N) is 1. The first-order valence-electron chi connectivity index (χ1n) is 5.57. The quantitative estimate of drug-likeness (QED) is 0.771. The van der Waals surface area contributed by atoms with Gasteiger partial charge in [0.2, 0.25) is 0 Å². The first kappa shape index (κ1) is 9.50. The summed E-state index contributed by atoms with van der Waals surface area (Å²) in [6.45, 7) is 2.25. The Bertz CT molecular complexity index is 267. The van der Waals surface area contributed by atoms with Crippen LogP contribution in [0.25, 0.3) is 0 Å². The highest BCUT2D eigenvalue weighted by atomic mass is 15.0. The molecular formula is C12H18N2. The van der Waals surface area contributed by atoms with Crippen molar-refractivity contribution in [3.05, 3.63) is 24.4 Å². The van der Waals surface area contributed by atoms with Gasteiger partial charge in [-0.25, -0.2) is 4.98 Å². The van der Waals surface area contributed by atoms with Gasteiger partial charge in [0.1, 0.15) is 5.82 Å². The second-order valence-corrected chi connectivity index (χ2v) is 4.09. The van der Waals surface area contributed by atoms with Gasteiger partial charge in [-0.2, -0.15) is 0 Å². The lowest BCUT2D eigenvalue weighted by atomic mass is 10.1. The summed E-state index contributed by atoms with van der Waals surface area (Å²) in [6.07, 6.45) is 7.15. The van der Waals surface area contributed by atoms with Gasteiger partial charge in [0, 0.05) is 12.2 Å². The molecule has 1 heterocycles. The molecule has 0 bridgehead atoms. The summed E-state index contributed by atoms with van der Waals surface area (Å²) >= 11 is 0. The Morgan fingerprint density at radius 1 is 1.50 bits per heavy atom. The summed E-state index contributed by atoms with van der Waals surface area (Å²) in [7, 11) is 0. The summed E-state index contributed by atoms with van der Waals surface area (Å²) in [4.78, 5) is 4.30. The predicted molar refractivity (Wildman–Crippen MR) is 59.3 cm³/mol. The van der Waals surface area contributed by atoms with E-state index in [9.17, 15) is 0 Å². The van der Waals surface area contributed by atoms with Crippen LogP contribution in [0.4, 0.5) is 5.82 Å². The minimum Gasteiger partial charge on any atom is -0.367 e. The molecule has 14 heavy (non-hydrogen) atoms. The molecule has 1 atom stereocenters. The Balaban J connectivity index is 1.93. The van der Waals surface area contributed by atoms with Crippen molar-refractivity contribution in [1.29, 1.82) is 0 Å². The van der Waals surface area contributed by atoms with Crippen LogP contribution in [0.15, 0.2) is 24.4 Å². The largest absolute Gasteiger partial charge is 0.367 e. The topological polar surface area (TPSA) is 24.9 Å². The fourth-order valence-electron chi connectivity index (χ4n) is 1.87. The van der Waals surface area contributed by atoms with Crippen LogP contribution in [0.3, 0.4) is 0 Å². The van der Waals surface area contributed by atoms with Gasteiger partial charge in [-0.1, -0.05) is 19.4 Å². The summed E-state index contributed by atoms with van der Waals surface area (Å²) < 4.78 is 0. The molecular weight excluding hydrogens is 172 g/mol. The highest BCUT2D eigenvalue weighted by Gasteiger charge is 2.30. The molecule has 2 rings (SSSR count). The SMILES string of the molecule is CCCC(Nc1ccccn1)C1CC1. The first-order chi connectivity index (χ1) is 6.90. The van der Waals surface area contributed by atoms with Crippen molar-refractivity contribution < 1.29 is 0 Å². The maximum absolute atomic E-state index is 4.30. The van der Waals surface area contributed by atoms with Gasteiger partial charge in [0.25, 0.3) is 0 Å². The third-order valence-electron chi connectivity index (χ3n) is 2.79. The van der Waals surface area contributed by atoms with Crippen molar-refractivity contribution in [3.8, 4) is 0 Å². The molecule has 0 spiro atoms. The van der Waals surface area contributed by atoms with Gasteiger partial charge >= 0.3 is 0 Å². The number of hydrogen-bond acceptors (Lipinski definition) is 2. The summed E-state index contributed by atoms with van der Waals surface area (Å²) in [5, 5.41) is 3.53. The zero-order valence-corrected chi connectivity index (χ0v) is 8.74. The van der Waals surface area contributed by atoms with E-state index in [1.165, 1.54) is 25.7 Å². The third-order valence-corrected chi connectivity index (χ3v) is 2.79. The average molecular weight is 190 g/mol. The molecule has 1 aromatic heterocycles. The lowest BCUT2D eigenvalue weighted by Crippen LogP contribution is -2.22. The van der Waals surface area contributed by atoms with E-state index in [0.29, 0.717) is 6.04 Å². The number of nitrogens with zero attached hydrogens (tertiary/aromatic N) is 1. The zero-order chi connectivity index (χ0) is 9.80. The predicted octanol–water partition coefficient (Wildman–Crippen LogP) is 3.07. The molecule has 1 aliphatic rings. The highest BCUT2D eigenvalue weighted by molar-refractivity contribution is 5.35. The molecule has 0 aliphatic heterocycles. The number of hydrogen-bond donors (Lipinski definition) is 1. The van der Waals surface area contributed by atoms with Crippen molar-refractivity contribution in [2.45, 2.75) is 38.6 Å². The standard InChI is InChI=1S/C12H18N2/c1-2-5-11(10-7-8-10)14-12-6-3-4-9-13-12/h3-4,6,9-11H,2,5,7-8H2,1H3,(H,13,14). The molecule has 0 amide bonds. The zero-order valence-electron chi connectivity index (χ0n) is 8.74. The molecule has 2 nitrogen and oxygen atoms in total. The minimum absolute atomic E-state index is 0.648. The molecule has 0 radical (unpaired) electrons. The lowest BCUT2D eigenvalue weighted by Gasteiger charge is -2.17. The Labute approximate surface area is 85.7 Å². The fourth-order valence-corrected chi connectivity index (χ4v) is 1.87. The summed E-state index contributed by atoms with van der Waals surface area (Å²) in [5.74, 6) is 1.93. The van der Waals surface area contributed by atoms with Gasteiger partial charge in [0.05, 0.1) is 0 Å². The third kappa shape index (κ3) is 2.47. The van der Waals surface area contributed by atoms with E-state index in [1.807, 2.05) is 24.4 Å². The minimum atomic E-state index is 0.648. The van der Waals surface area contributed by atoms with E-state index in [1.54, 1.807) is 0 Å². The Morgan fingerprint density at radius 2 is 2.36 bits per heavy atom. The summed E-state index contributed by atoms with van der Waals surface area (Å²) in [6, 6.07) is 6.68. The Kier molecular flexibility index (Phi) is 3.02. The normalized spacial score (nSPS) is 17.8. The van der Waals surface area contributed by atoms with E-state index in [-0.39, 0.29) is 0 Å². The van der Waals surface area contributed by atoms with Gasteiger partial charge in [-0.05, 0) is 37.3 Å². The van der Waals surface area contributed by atoms with Crippen molar-refractivity contribution in [2.75, 3.05) is 5.32 Å². The molecule has 1 fully saturated rings. The molecule has 1 aliphatic carbocycles. The van der Waals surface area contributed by atoms with Gasteiger partial charge < -0.3 is 5.32 Å². The van der Waals surface area contributed by atoms with Crippen molar-refractivity contribution in [1.82, 2.24) is 4.98 Å². The Morgan fingerprint density at radius 3 is 2.93 bits per heavy atom. The molecule has 1 saturated carbocycles. The first-order valence-corrected chi connectivity index (χ1v) is 5.57.